The normalized spacial score (nSPS) is 41.6. The quantitative estimate of drug-likeness (QED) is 0.262. The van der Waals surface area contributed by atoms with Crippen molar-refractivity contribution in [1.29, 1.82) is 0 Å². The zero-order valence-electron chi connectivity index (χ0n) is 14.3. The highest BCUT2D eigenvalue weighted by Gasteiger charge is 2.64. The first kappa shape index (κ1) is 19.4. The van der Waals surface area contributed by atoms with Gasteiger partial charge in [0.15, 0.2) is 11.2 Å². The van der Waals surface area contributed by atoms with E-state index in [1.807, 2.05) is 0 Å². The summed E-state index contributed by atoms with van der Waals surface area (Å²) in [6, 6.07) is 0. The van der Waals surface area contributed by atoms with Gasteiger partial charge in [-0.05, 0) is 0 Å². The monoisotopic (exact) mass is 400 g/mol. The number of hydrogen-bond acceptors (Lipinski definition) is 12. The van der Waals surface area contributed by atoms with Crippen LogP contribution in [-0.2, 0) is 15.2 Å². The molecule has 2 fully saturated rings. The first-order chi connectivity index (χ1) is 13.3. The van der Waals surface area contributed by atoms with Gasteiger partial charge in [-0.1, -0.05) is 0 Å². The zero-order chi connectivity index (χ0) is 20.2. The van der Waals surface area contributed by atoms with Crippen LogP contribution in [0.3, 0.4) is 0 Å². The molecule has 0 aliphatic carbocycles. The minimum atomic E-state index is -2.09. The van der Waals surface area contributed by atoms with E-state index in [9.17, 15) is 35.7 Å². The number of aliphatic hydroxyl groups excluding tert-OH is 6. The average molecular weight is 400 g/mol. The lowest BCUT2D eigenvalue weighted by Crippen LogP contribution is -2.65. The minimum absolute atomic E-state index is 0.0197. The Hall–Kier alpha value is -1.97. The van der Waals surface area contributed by atoms with Crippen molar-refractivity contribution in [2.75, 3.05) is 13.2 Å². The molecular weight excluding hydrogens is 380 g/mol. The maximum atomic E-state index is 10.9. The van der Waals surface area contributed by atoms with E-state index in [1.54, 1.807) is 0 Å². The predicted octanol–water partition coefficient (Wildman–Crippen LogP) is -4.22. The van der Waals surface area contributed by atoms with Gasteiger partial charge in [0.25, 0.3) is 0 Å². The molecule has 13 nitrogen and oxygen atoms in total. The van der Waals surface area contributed by atoms with Crippen LogP contribution in [0.5, 0.6) is 5.88 Å². The molecule has 154 valence electrons. The Morgan fingerprint density at radius 3 is 2.50 bits per heavy atom. The van der Waals surface area contributed by atoms with Crippen molar-refractivity contribution >= 4 is 11.2 Å². The van der Waals surface area contributed by atoms with Gasteiger partial charge in [-0.2, -0.15) is 4.98 Å². The largest absolute Gasteiger partial charge is 0.492 e. The Labute approximate surface area is 157 Å². The van der Waals surface area contributed by atoms with Crippen molar-refractivity contribution in [2.24, 2.45) is 0 Å². The summed E-state index contributed by atoms with van der Waals surface area (Å²) in [5.74, 6) is -0.453. The molecule has 0 radical (unpaired) electrons. The van der Waals surface area contributed by atoms with Crippen LogP contribution >= 0.6 is 0 Å². The van der Waals surface area contributed by atoms with Crippen molar-refractivity contribution in [2.45, 2.75) is 48.5 Å². The maximum Gasteiger partial charge on any atom is 0.242 e. The van der Waals surface area contributed by atoms with E-state index in [4.69, 9.17) is 9.47 Å². The molecule has 2 aromatic rings. The van der Waals surface area contributed by atoms with Crippen molar-refractivity contribution in [3.05, 3.63) is 12.7 Å². The Kier molecular flexibility index (Phi) is 4.71. The van der Waals surface area contributed by atoms with Gasteiger partial charge in [0.2, 0.25) is 11.6 Å². The number of nitrogens with zero attached hydrogens (tertiary/aromatic N) is 4. The van der Waals surface area contributed by atoms with Crippen molar-refractivity contribution < 1.29 is 45.2 Å². The van der Waals surface area contributed by atoms with Crippen LogP contribution in [0, 0.1) is 0 Å². The van der Waals surface area contributed by atoms with Crippen LogP contribution in [0.2, 0.25) is 0 Å². The van der Waals surface area contributed by atoms with Crippen molar-refractivity contribution in [3.8, 4) is 5.88 Å². The number of rotatable bonds is 3. The molecule has 2 saturated heterocycles. The minimum Gasteiger partial charge on any atom is -0.492 e. The molecule has 0 amide bonds. The van der Waals surface area contributed by atoms with Crippen molar-refractivity contribution in [3.63, 3.8) is 0 Å². The standard InChI is InChI=1S/C15H20N4O9/c20-1-6-9(23)11(25)15(28-6,12-10(24)8(22)5(21)2-27-12)19-4-18-7-13(19)16-3-17-14(7)26/h3-6,8-12,20-25H,1-2H2,(H,16,17,26)/t5-,6-,8-,9-,10+,11-,12?,15+/m1/s1. The van der Waals surface area contributed by atoms with E-state index in [0.29, 0.717) is 0 Å². The van der Waals surface area contributed by atoms with E-state index < -0.39 is 67.5 Å². The fraction of sp³-hybridized carbons (Fsp3) is 0.667. The molecule has 0 saturated carbocycles. The lowest BCUT2D eigenvalue weighted by molar-refractivity contribution is -0.286. The summed E-state index contributed by atoms with van der Waals surface area (Å²) in [6.45, 7) is -1.06. The van der Waals surface area contributed by atoms with Gasteiger partial charge in [-0.15, -0.1) is 0 Å². The Morgan fingerprint density at radius 1 is 1.07 bits per heavy atom. The number of ether oxygens (including phenoxy) is 2. The highest BCUT2D eigenvalue weighted by atomic mass is 16.6. The highest BCUT2D eigenvalue weighted by molar-refractivity contribution is 5.75. The summed E-state index contributed by atoms with van der Waals surface area (Å²) < 4.78 is 12.4. The van der Waals surface area contributed by atoms with Crippen LogP contribution in [-0.4, -0.2) is 111 Å². The van der Waals surface area contributed by atoms with Gasteiger partial charge in [0, 0.05) is 0 Å². The average Bonchev–Trinajstić information content (AvgIpc) is 3.22. The second kappa shape index (κ2) is 6.82. The molecule has 0 spiro atoms. The van der Waals surface area contributed by atoms with Crippen molar-refractivity contribution in [1.82, 2.24) is 19.5 Å². The van der Waals surface area contributed by atoms with Gasteiger partial charge in [0.05, 0.1) is 19.5 Å². The summed E-state index contributed by atoms with van der Waals surface area (Å²) in [7, 11) is 0. The Bertz CT molecular complexity index is 865. The molecule has 28 heavy (non-hydrogen) atoms. The second-order valence-corrected chi connectivity index (χ2v) is 6.81. The van der Waals surface area contributed by atoms with E-state index in [0.717, 1.165) is 17.2 Å². The van der Waals surface area contributed by atoms with E-state index in [1.165, 1.54) is 0 Å². The summed E-state index contributed by atoms with van der Waals surface area (Å²) >= 11 is 0. The predicted molar refractivity (Wildman–Crippen MR) is 86.7 cm³/mol. The van der Waals surface area contributed by atoms with E-state index in [2.05, 4.69) is 15.0 Å². The maximum absolute atomic E-state index is 10.9. The summed E-state index contributed by atoms with van der Waals surface area (Å²) in [6.07, 6.45) is -8.70. The third-order valence-electron chi connectivity index (χ3n) is 5.25. The van der Waals surface area contributed by atoms with Crippen LogP contribution in [0.1, 0.15) is 0 Å². The third kappa shape index (κ3) is 2.53. The van der Waals surface area contributed by atoms with Gasteiger partial charge < -0.3 is 45.2 Å². The smallest absolute Gasteiger partial charge is 0.242 e. The summed E-state index contributed by atoms with van der Waals surface area (Å²) in [4.78, 5) is 11.6. The van der Waals surface area contributed by atoms with Gasteiger partial charge in [0.1, 0.15) is 49.1 Å². The van der Waals surface area contributed by atoms with Crippen LogP contribution in [0.25, 0.3) is 11.2 Å². The number of aromatic nitrogens is 4. The Balaban J connectivity index is 1.91. The molecule has 1 unspecified atom stereocenters. The molecule has 7 N–H and O–H groups in total. The number of fused-ring (bicyclic) bond motifs is 1. The summed E-state index contributed by atoms with van der Waals surface area (Å²) in [5.41, 5.74) is -2.16. The number of hydrogen-bond donors (Lipinski definition) is 7. The molecule has 2 aromatic heterocycles. The molecule has 13 heteroatoms. The molecular formula is C15H20N4O9. The Morgan fingerprint density at radius 2 is 1.82 bits per heavy atom. The van der Waals surface area contributed by atoms with Gasteiger partial charge >= 0.3 is 0 Å². The molecule has 0 bridgehead atoms. The third-order valence-corrected chi connectivity index (χ3v) is 5.25. The van der Waals surface area contributed by atoms with Crippen LogP contribution < -0.4 is 0 Å². The first-order valence-electron chi connectivity index (χ1n) is 8.51. The van der Waals surface area contributed by atoms with Gasteiger partial charge in [-0.3, -0.25) is 4.57 Å². The molecule has 4 rings (SSSR count). The lowest BCUT2D eigenvalue weighted by atomic mass is 9.87. The summed E-state index contributed by atoms with van der Waals surface area (Å²) in [5, 5.41) is 71.0. The fourth-order valence-corrected chi connectivity index (χ4v) is 3.80. The van der Waals surface area contributed by atoms with Crippen LogP contribution in [0.15, 0.2) is 12.7 Å². The number of imidazole rings is 1. The van der Waals surface area contributed by atoms with E-state index >= 15 is 0 Å². The zero-order valence-corrected chi connectivity index (χ0v) is 14.3. The molecule has 2 aliphatic heterocycles. The second-order valence-electron chi connectivity index (χ2n) is 6.81. The highest BCUT2D eigenvalue weighted by Crippen LogP contribution is 2.44. The molecule has 2 aliphatic rings. The number of aliphatic hydroxyl groups is 6. The van der Waals surface area contributed by atoms with Gasteiger partial charge in [-0.25, -0.2) is 9.97 Å². The van der Waals surface area contributed by atoms with E-state index in [-0.39, 0.29) is 11.2 Å². The lowest BCUT2D eigenvalue weighted by Gasteiger charge is -2.46. The fourth-order valence-electron chi connectivity index (χ4n) is 3.80. The number of aromatic hydroxyl groups is 1. The van der Waals surface area contributed by atoms with Crippen LogP contribution in [0.4, 0.5) is 0 Å². The SMILES string of the molecule is OC[C@H]1O[C@@](C2OC[C@@H](O)[C@@H](O)[C@@H]2O)(n2cnc3c(O)ncnc32)[C@H](O)[C@@H]1O. The first-order valence-corrected chi connectivity index (χ1v) is 8.51. The topological polar surface area (TPSA) is 204 Å². The molecule has 8 atom stereocenters. The molecule has 0 aromatic carbocycles. The molecule has 4 heterocycles.